The third kappa shape index (κ3) is 2.78. The molecule has 1 aromatic rings. The van der Waals surface area contributed by atoms with Crippen molar-refractivity contribution in [3.63, 3.8) is 0 Å². The predicted octanol–water partition coefficient (Wildman–Crippen LogP) is 2.02. The smallest absolute Gasteiger partial charge is 0.224 e. The fraction of sp³-hybridized carbons (Fsp3) is 0.611. The van der Waals surface area contributed by atoms with Crippen LogP contribution in [0, 0.1) is 11.3 Å². The summed E-state index contributed by atoms with van der Waals surface area (Å²) in [6.45, 7) is 5.29. The fourth-order valence-corrected chi connectivity index (χ4v) is 3.92. The number of rotatable bonds is 3. The molecular weight excluding hydrogens is 292 g/mol. The van der Waals surface area contributed by atoms with Crippen molar-refractivity contribution in [3.8, 4) is 11.5 Å². The van der Waals surface area contributed by atoms with Gasteiger partial charge < -0.3 is 20.1 Å². The van der Waals surface area contributed by atoms with Crippen LogP contribution in [0.5, 0.6) is 11.5 Å². The van der Waals surface area contributed by atoms with E-state index in [9.17, 15) is 4.79 Å². The second kappa shape index (κ2) is 5.71. The van der Waals surface area contributed by atoms with Gasteiger partial charge in [0.25, 0.3) is 0 Å². The number of ether oxygens (including phenoxy) is 2. The Morgan fingerprint density at radius 3 is 2.78 bits per heavy atom. The fourth-order valence-electron chi connectivity index (χ4n) is 3.92. The number of nitrogens with one attached hydrogen (secondary N) is 2. The van der Waals surface area contributed by atoms with Crippen LogP contribution in [0.15, 0.2) is 18.2 Å². The molecule has 2 atom stereocenters. The van der Waals surface area contributed by atoms with Gasteiger partial charge in [-0.2, -0.15) is 0 Å². The Balaban J connectivity index is 1.40. The number of carbonyl (C=O) groups excluding carboxylic acids is 1. The molecule has 1 saturated carbocycles. The molecule has 5 heteroatoms. The molecule has 2 fully saturated rings. The average molecular weight is 316 g/mol. The van der Waals surface area contributed by atoms with Crippen molar-refractivity contribution in [2.75, 3.05) is 26.3 Å². The molecule has 23 heavy (non-hydrogen) atoms. The van der Waals surface area contributed by atoms with E-state index in [4.69, 9.17) is 9.47 Å². The first-order chi connectivity index (χ1) is 11.2. The van der Waals surface area contributed by atoms with E-state index < -0.39 is 0 Å². The van der Waals surface area contributed by atoms with Gasteiger partial charge in [0, 0.05) is 5.92 Å². The Morgan fingerprint density at radius 2 is 2.00 bits per heavy atom. The van der Waals surface area contributed by atoms with Crippen molar-refractivity contribution < 1.29 is 14.3 Å². The minimum absolute atomic E-state index is 0.0160. The van der Waals surface area contributed by atoms with Crippen LogP contribution < -0.4 is 20.1 Å². The van der Waals surface area contributed by atoms with Crippen molar-refractivity contribution in [2.24, 2.45) is 11.3 Å². The van der Waals surface area contributed by atoms with Crippen LogP contribution >= 0.6 is 0 Å². The molecule has 2 unspecified atom stereocenters. The lowest BCUT2D eigenvalue weighted by atomic mass is 9.91. The van der Waals surface area contributed by atoms with Crippen molar-refractivity contribution >= 4 is 5.91 Å². The second-order valence-electron chi connectivity index (χ2n) is 7.00. The van der Waals surface area contributed by atoms with Gasteiger partial charge in [0.05, 0.1) is 6.04 Å². The Hall–Kier alpha value is -1.75. The molecule has 0 bridgehead atoms. The largest absolute Gasteiger partial charge is 0.486 e. The molecule has 2 aliphatic heterocycles. The summed E-state index contributed by atoms with van der Waals surface area (Å²) in [6.07, 6.45) is 3.31. The maximum atomic E-state index is 12.6. The number of benzene rings is 1. The molecule has 1 aliphatic carbocycles. The van der Waals surface area contributed by atoms with Gasteiger partial charge in [-0.05, 0) is 62.4 Å². The molecular formula is C18H24N2O3. The number of hydrogen-bond donors (Lipinski definition) is 2. The number of carbonyl (C=O) groups is 1. The van der Waals surface area contributed by atoms with Crippen molar-refractivity contribution in [1.82, 2.24) is 10.6 Å². The van der Waals surface area contributed by atoms with Crippen molar-refractivity contribution in [1.29, 1.82) is 0 Å². The highest BCUT2D eigenvalue weighted by Crippen LogP contribution is 2.58. The summed E-state index contributed by atoms with van der Waals surface area (Å²) < 4.78 is 11.2. The summed E-state index contributed by atoms with van der Waals surface area (Å²) in [5, 5.41) is 6.56. The average Bonchev–Trinajstić information content (AvgIpc) is 3.28. The second-order valence-corrected chi connectivity index (χ2v) is 7.00. The lowest BCUT2D eigenvalue weighted by Gasteiger charge is -2.24. The molecule has 0 aromatic heterocycles. The number of fused-ring (bicyclic) bond motifs is 1. The maximum Gasteiger partial charge on any atom is 0.224 e. The minimum Gasteiger partial charge on any atom is -0.486 e. The van der Waals surface area contributed by atoms with Gasteiger partial charge >= 0.3 is 0 Å². The summed E-state index contributed by atoms with van der Waals surface area (Å²) >= 11 is 0. The molecule has 1 spiro atoms. The number of piperidine rings is 1. The lowest BCUT2D eigenvalue weighted by Crippen LogP contribution is -2.34. The zero-order valence-electron chi connectivity index (χ0n) is 13.6. The molecule has 3 aliphatic rings. The van der Waals surface area contributed by atoms with E-state index in [0.717, 1.165) is 49.4 Å². The summed E-state index contributed by atoms with van der Waals surface area (Å²) in [7, 11) is 0. The molecule has 0 radical (unpaired) electrons. The predicted molar refractivity (Wildman–Crippen MR) is 86.6 cm³/mol. The Kier molecular flexibility index (Phi) is 3.68. The number of amides is 1. The zero-order valence-corrected chi connectivity index (χ0v) is 13.6. The van der Waals surface area contributed by atoms with E-state index in [2.05, 4.69) is 10.6 Å². The molecule has 2 heterocycles. The molecule has 1 saturated heterocycles. The highest BCUT2D eigenvalue weighted by atomic mass is 16.6. The highest BCUT2D eigenvalue weighted by molar-refractivity contribution is 5.83. The van der Waals surface area contributed by atoms with E-state index in [1.165, 1.54) is 0 Å². The van der Waals surface area contributed by atoms with Crippen LogP contribution in [-0.4, -0.2) is 32.2 Å². The molecule has 5 nitrogen and oxygen atoms in total. The molecule has 1 aromatic carbocycles. The van der Waals surface area contributed by atoms with Gasteiger partial charge in [0.2, 0.25) is 5.91 Å². The third-order valence-electron chi connectivity index (χ3n) is 5.53. The zero-order chi connectivity index (χ0) is 15.9. The minimum atomic E-state index is -0.0160. The maximum absolute atomic E-state index is 12.6. The van der Waals surface area contributed by atoms with Gasteiger partial charge in [-0.1, -0.05) is 6.07 Å². The van der Waals surface area contributed by atoms with Gasteiger partial charge in [0.1, 0.15) is 13.2 Å². The number of hydrogen-bond acceptors (Lipinski definition) is 4. The topological polar surface area (TPSA) is 59.6 Å². The monoisotopic (exact) mass is 316 g/mol. The molecule has 1 amide bonds. The van der Waals surface area contributed by atoms with Gasteiger partial charge in [0.15, 0.2) is 11.5 Å². The summed E-state index contributed by atoms with van der Waals surface area (Å²) in [4.78, 5) is 12.6. The molecule has 4 rings (SSSR count). The van der Waals surface area contributed by atoms with E-state index in [1.807, 2.05) is 25.1 Å². The van der Waals surface area contributed by atoms with Crippen LogP contribution in [0.1, 0.15) is 37.8 Å². The van der Waals surface area contributed by atoms with Crippen LogP contribution in [0.2, 0.25) is 0 Å². The first kappa shape index (κ1) is 14.8. The SMILES string of the molecule is CC(NC(=O)C1CC12CCNCC2)c1ccc2c(c1)OCCO2. The Labute approximate surface area is 136 Å². The van der Waals surface area contributed by atoms with Crippen molar-refractivity contribution in [2.45, 2.75) is 32.2 Å². The Morgan fingerprint density at radius 1 is 1.26 bits per heavy atom. The summed E-state index contributed by atoms with van der Waals surface area (Å²) in [6, 6.07) is 5.90. The van der Waals surface area contributed by atoms with Gasteiger partial charge in [-0.25, -0.2) is 0 Å². The Bertz CT molecular complexity index is 610. The lowest BCUT2D eigenvalue weighted by molar-refractivity contribution is -0.123. The summed E-state index contributed by atoms with van der Waals surface area (Å²) in [5.74, 6) is 1.96. The summed E-state index contributed by atoms with van der Waals surface area (Å²) in [5.41, 5.74) is 1.34. The highest BCUT2D eigenvalue weighted by Gasteiger charge is 2.57. The van der Waals surface area contributed by atoms with Gasteiger partial charge in [-0.3, -0.25) is 4.79 Å². The van der Waals surface area contributed by atoms with Crippen LogP contribution in [-0.2, 0) is 4.79 Å². The van der Waals surface area contributed by atoms with E-state index in [-0.39, 0.29) is 23.3 Å². The van der Waals surface area contributed by atoms with Crippen LogP contribution in [0.3, 0.4) is 0 Å². The van der Waals surface area contributed by atoms with E-state index in [1.54, 1.807) is 0 Å². The first-order valence-corrected chi connectivity index (χ1v) is 8.59. The molecule has 2 N–H and O–H groups in total. The third-order valence-corrected chi connectivity index (χ3v) is 5.53. The van der Waals surface area contributed by atoms with E-state index in [0.29, 0.717) is 13.2 Å². The normalized spacial score (nSPS) is 25.7. The quantitative estimate of drug-likeness (QED) is 0.896. The first-order valence-electron chi connectivity index (χ1n) is 8.59. The van der Waals surface area contributed by atoms with Crippen molar-refractivity contribution in [3.05, 3.63) is 23.8 Å². The molecule has 124 valence electrons. The van der Waals surface area contributed by atoms with E-state index >= 15 is 0 Å². The standard InChI is InChI=1S/C18H24N2O3/c1-12(13-2-3-15-16(10-13)23-9-8-22-15)20-17(21)14-11-18(14)4-6-19-7-5-18/h2-3,10,12,14,19H,4-9,11H2,1H3,(H,20,21). The van der Waals surface area contributed by atoms with Crippen LogP contribution in [0.4, 0.5) is 0 Å². The van der Waals surface area contributed by atoms with Crippen LogP contribution in [0.25, 0.3) is 0 Å². The van der Waals surface area contributed by atoms with Gasteiger partial charge in [-0.15, -0.1) is 0 Å².